The molecule has 25 heavy (non-hydrogen) atoms. The number of nitrogens with one attached hydrogen (secondary N) is 1. The summed E-state index contributed by atoms with van der Waals surface area (Å²) in [5.74, 6) is 0.181. The third-order valence-corrected chi connectivity index (χ3v) is 4.65. The van der Waals surface area contributed by atoms with Gasteiger partial charge in [-0.2, -0.15) is 0 Å². The predicted octanol–water partition coefficient (Wildman–Crippen LogP) is 3.35. The standard InChI is InChI=1S/C18H20BrN3O3/c1-2-17(23)22-11-9-21(10-12-22)14-5-3-13(4-6-14)20-18(24)15-7-8-16(19)25-15/h3-8H,2,9-12H2,1H3,(H,20,24). The molecular formula is C18H20BrN3O3. The summed E-state index contributed by atoms with van der Waals surface area (Å²) in [7, 11) is 0. The van der Waals surface area contributed by atoms with Crippen LogP contribution in [-0.2, 0) is 4.79 Å². The molecule has 1 N–H and O–H groups in total. The molecule has 1 aliphatic rings. The highest BCUT2D eigenvalue weighted by molar-refractivity contribution is 9.10. The van der Waals surface area contributed by atoms with Crippen molar-refractivity contribution in [1.29, 1.82) is 0 Å². The van der Waals surface area contributed by atoms with Crippen LogP contribution in [0.2, 0.25) is 0 Å². The van der Waals surface area contributed by atoms with E-state index in [0.29, 0.717) is 16.8 Å². The Balaban J connectivity index is 1.57. The number of carbonyl (C=O) groups is 2. The van der Waals surface area contributed by atoms with Crippen LogP contribution >= 0.6 is 15.9 Å². The first-order valence-corrected chi connectivity index (χ1v) is 9.05. The molecule has 0 saturated carbocycles. The third-order valence-electron chi connectivity index (χ3n) is 4.22. The van der Waals surface area contributed by atoms with Crippen molar-refractivity contribution in [1.82, 2.24) is 4.90 Å². The van der Waals surface area contributed by atoms with Crippen LogP contribution in [0.3, 0.4) is 0 Å². The van der Waals surface area contributed by atoms with Crippen LogP contribution < -0.4 is 10.2 Å². The molecule has 1 aliphatic heterocycles. The topological polar surface area (TPSA) is 65.8 Å². The molecule has 2 heterocycles. The summed E-state index contributed by atoms with van der Waals surface area (Å²) in [5, 5.41) is 2.81. The van der Waals surface area contributed by atoms with Crippen LogP contribution in [0, 0.1) is 0 Å². The normalized spacial score (nSPS) is 14.5. The number of hydrogen-bond donors (Lipinski definition) is 1. The van der Waals surface area contributed by atoms with Crippen LogP contribution in [0.1, 0.15) is 23.9 Å². The third kappa shape index (κ3) is 4.22. The molecule has 2 amide bonds. The summed E-state index contributed by atoms with van der Waals surface area (Å²) in [5.41, 5.74) is 1.79. The number of piperazine rings is 1. The van der Waals surface area contributed by atoms with Gasteiger partial charge in [0.15, 0.2) is 10.4 Å². The number of hydrogen-bond acceptors (Lipinski definition) is 4. The maximum Gasteiger partial charge on any atom is 0.291 e. The first kappa shape index (κ1) is 17.5. The fourth-order valence-electron chi connectivity index (χ4n) is 2.82. The van der Waals surface area contributed by atoms with Crippen LogP contribution in [0.15, 0.2) is 45.5 Å². The van der Waals surface area contributed by atoms with Crippen molar-refractivity contribution in [2.45, 2.75) is 13.3 Å². The average molecular weight is 406 g/mol. The van der Waals surface area contributed by atoms with E-state index in [2.05, 4.69) is 26.1 Å². The van der Waals surface area contributed by atoms with Gasteiger partial charge in [0.05, 0.1) is 0 Å². The Morgan fingerprint density at radius 1 is 1.08 bits per heavy atom. The van der Waals surface area contributed by atoms with Crippen LogP contribution in [0.4, 0.5) is 11.4 Å². The van der Waals surface area contributed by atoms with E-state index < -0.39 is 0 Å². The van der Waals surface area contributed by atoms with Gasteiger partial charge < -0.3 is 19.5 Å². The lowest BCUT2D eigenvalue weighted by molar-refractivity contribution is -0.131. The lowest BCUT2D eigenvalue weighted by atomic mass is 10.2. The Morgan fingerprint density at radius 3 is 2.32 bits per heavy atom. The first-order valence-electron chi connectivity index (χ1n) is 8.26. The predicted molar refractivity (Wildman–Crippen MR) is 99.9 cm³/mol. The summed E-state index contributed by atoms with van der Waals surface area (Å²) in [6.45, 7) is 5.02. The Hall–Kier alpha value is -2.28. The Morgan fingerprint density at radius 2 is 1.76 bits per heavy atom. The SMILES string of the molecule is CCC(=O)N1CCN(c2ccc(NC(=O)c3ccc(Br)o3)cc2)CC1. The second-order valence-corrected chi connectivity index (χ2v) is 6.61. The van der Waals surface area contributed by atoms with Gasteiger partial charge in [0, 0.05) is 44.0 Å². The molecule has 132 valence electrons. The Labute approximate surface area is 154 Å². The fourth-order valence-corrected chi connectivity index (χ4v) is 3.13. The molecular weight excluding hydrogens is 386 g/mol. The summed E-state index contributed by atoms with van der Waals surface area (Å²) < 4.78 is 5.76. The van der Waals surface area contributed by atoms with Gasteiger partial charge in [-0.05, 0) is 52.3 Å². The van der Waals surface area contributed by atoms with E-state index >= 15 is 0 Å². The highest BCUT2D eigenvalue weighted by Crippen LogP contribution is 2.21. The van der Waals surface area contributed by atoms with Crippen LogP contribution in [0.5, 0.6) is 0 Å². The average Bonchev–Trinajstić information content (AvgIpc) is 3.08. The van der Waals surface area contributed by atoms with Crippen molar-refractivity contribution < 1.29 is 14.0 Å². The first-order chi connectivity index (χ1) is 12.1. The van der Waals surface area contributed by atoms with E-state index in [9.17, 15) is 9.59 Å². The molecule has 1 aromatic heterocycles. The molecule has 0 atom stereocenters. The highest BCUT2D eigenvalue weighted by atomic mass is 79.9. The summed E-state index contributed by atoms with van der Waals surface area (Å²) in [6.07, 6.45) is 0.556. The van der Waals surface area contributed by atoms with E-state index in [1.54, 1.807) is 12.1 Å². The highest BCUT2D eigenvalue weighted by Gasteiger charge is 2.20. The second-order valence-electron chi connectivity index (χ2n) is 5.83. The molecule has 2 aromatic rings. The number of amides is 2. The molecule has 7 heteroatoms. The van der Waals surface area contributed by atoms with Crippen molar-refractivity contribution in [2.75, 3.05) is 36.4 Å². The summed E-state index contributed by atoms with van der Waals surface area (Å²) in [4.78, 5) is 28.0. The van der Waals surface area contributed by atoms with Gasteiger partial charge in [0.1, 0.15) is 0 Å². The lowest BCUT2D eigenvalue weighted by Crippen LogP contribution is -2.48. The van der Waals surface area contributed by atoms with Crippen LogP contribution in [0.25, 0.3) is 0 Å². The monoisotopic (exact) mass is 405 g/mol. The van der Waals surface area contributed by atoms with Gasteiger partial charge in [-0.25, -0.2) is 0 Å². The molecule has 0 aliphatic carbocycles. The number of rotatable bonds is 4. The quantitative estimate of drug-likeness (QED) is 0.846. The molecule has 1 saturated heterocycles. The van der Waals surface area contributed by atoms with E-state index in [0.717, 1.165) is 31.9 Å². The van der Waals surface area contributed by atoms with Gasteiger partial charge >= 0.3 is 0 Å². The van der Waals surface area contributed by atoms with Gasteiger partial charge in [-0.1, -0.05) is 6.92 Å². The van der Waals surface area contributed by atoms with Crippen LogP contribution in [-0.4, -0.2) is 42.9 Å². The van der Waals surface area contributed by atoms with Crippen molar-refractivity contribution >= 4 is 39.1 Å². The van der Waals surface area contributed by atoms with E-state index in [4.69, 9.17) is 4.42 Å². The number of benzene rings is 1. The van der Waals surface area contributed by atoms with E-state index in [1.165, 1.54) is 0 Å². The van der Waals surface area contributed by atoms with Crippen molar-refractivity contribution in [3.63, 3.8) is 0 Å². The minimum Gasteiger partial charge on any atom is -0.444 e. The van der Waals surface area contributed by atoms with Gasteiger partial charge in [-0.3, -0.25) is 9.59 Å². The number of carbonyl (C=O) groups excluding carboxylic acids is 2. The summed E-state index contributed by atoms with van der Waals surface area (Å²) in [6, 6.07) is 11.0. The Kier molecular flexibility index (Phi) is 5.43. The zero-order valence-corrected chi connectivity index (χ0v) is 15.6. The molecule has 0 unspecified atom stereocenters. The number of nitrogens with zero attached hydrogens (tertiary/aromatic N) is 2. The molecule has 6 nitrogen and oxygen atoms in total. The zero-order valence-electron chi connectivity index (χ0n) is 14.0. The molecule has 1 aromatic carbocycles. The fraction of sp³-hybridized carbons (Fsp3) is 0.333. The minimum absolute atomic E-state index is 0.210. The molecule has 0 spiro atoms. The van der Waals surface area contributed by atoms with Gasteiger partial charge in [0.25, 0.3) is 5.91 Å². The van der Waals surface area contributed by atoms with E-state index in [-0.39, 0.29) is 17.6 Å². The maximum atomic E-state index is 12.1. The molecule has 3 rings (SSSR count). The van der Waals surface area contributed by atoms with Gasteiger partial charge in [0.2, 0.25) is 5.91 Å². The Bertz CT molecular complexity index is 749. The second kappa shape index (κ2) is 7.74. The minimum atomic E-state index is -0.287. The maximum absolute atomic E-state index is 12.1. The van der Waals surface area contributed by atoms with E-state index in [1.807, 2.05) is 36.1 Å². The van der Waals surface area contributed by atoms with Gasteiger partial charge in [-0.15, -0.1) is 0 Å². The molecule has 0 bridgehead atoms. The number of halogens is 1. The summed E-state index contributed by atoms with van der Waals surface area (Å²) >= 11 is 3.18. The smallest absolute Gasteiger partial charge is 0.291 e. The molecule has 0 radical (unpaired) electrons. The van der Waals surface area contributed by atoms with Crippen molar-refractivity contribution in [3.8, 4) is 0 Å². The number of furan rings is 1. The van der Waals surface area contributed by atoms with Crippen molar-refractivity contribution in [3.05, 3.63) is 46.8 Å². The lowest BCUT2D eigenvalue weighted by Gasteiger charge is -2.36. The number of anilines is 2. The molecule has 1 fully saturated rings. The largest absolute Gasteiger partial charge is 0.444 e. The zero-order chi connectivity index (χ0) is 17.8. The van der Waals surface area contributed by atoms with Crippen molar-refractivity contribution in [2.24, 2.45) is 0 Å².